The number of esters is 1. The van der Waals surface area contributed by atoms with Gasteiger partial charge in [-0.1, -0.05) is 23.7 Å². The van der Waals surface area contributed by atoms with Crippen LogP contribution in [-0.4, -0.2) is 30.0 Å². The molecule has 0 aliphatic carbocycles. The molecule has 4 rings (SSSR count). The van der Waals surface area contributed by atoms with E-state index < -0.39 is 5.92 Å². The minimum atomic E-state index is -0.457. The highest BCUT2D eigenvalue weighted by atomic mass is 35.5. The Bertz CT molecular complexity index is 997. The number of hydrogen-bond acceptors (Lipinski definition) is 5. The number of para-hydroxylation sites is 2. The normalized spacial score (nSPS) is 16.9. The number of benzene rings is 2. The van der Waals surface area contributed by atoms with Crippen molar-refractivity contribution in [3.8, 4) is 11.5 Å². The molecule has 0 radical (unpaired) electrons. The highest BCUT2D eigenvalue weighted by Gasteiger charge is 2.36. The summed E-state index contributed by atoms with van der Waals surface area (Å²) in [7, 11) is 0. The van der Waals surface area contributed by atoms with Crippen molar-refractivity contribution in [1.29, 1.82) is 0 Å². The van der Waals surface area contributed by atoms with Gasteiger partial charge in [-0.05, 0) is 37.3 Å². The van der Waals surface area contributed by atoms with Crippen molar-refractivity contribution in [2.24, 2.45) is 5.92 Å². The monoisotopic (exact) mass is 384 g/mol. The minimum absolute atomic E-state index is 0.126. The lowest BCUT2D eigenvalue weighted by atomic mass is 10.1. The summed E-state index contributed by atoms with van der Waals surface area (Å²) in [5.74, 6) is -0.544. The van der Waals surface area contributed by atoms with Crippen LogP contribution in [0.4, 0.5) is 5.69 Å². The van der Waals surface area contributed by atoms with E-state index in [0.29, 0.717) is 34.4 Å². The predicted octanol–water partition coefficient (Wildman–Crippen LogP) is 4.06. The fourth-order valence-corrected chi connectivity index (χ4v) is 3.41. The van der Waals surface area contributed by atoms with E-state index in [0.717, 1.165) is 5.52 Å². The molecule has 0 bridgehead atoms. The third kappa shape index (κ3) is 3.28. The van der Waals surface area contributed by atoms with Crippen LogP contribution >= 0.6 is 11.6 Å². The van der Waals surface area contributed by atoms with Gasteiger partial charge in [-0.15, -0.1) is 0 Å². The summed E-state index contributed by atoms with van der Waals surface area (Å²) >= 11 is 6.34. The van der Waals surface area contributed by atoms with Gasteiger partial charge in [-0.25, -0.2) is 4.98 Å². The summed E-state index contributed by atoms with van der Waals surface area (Å²) in [6.45, 7) is 2.33. The maximum absolute atomic E-state index is 12.4. The third-order valence-electron chi connectivity index (χ3n) is 4.53. The summed E-state index contributed by atoms with van der Waals surface area (Å²) in [5.41, 5.74) is 2.63. The molecule has 1 aliphatic rings. The lowest BCUT2D eigenvalue weighted by Gasteiger charge is -2.17. The van der Waals surface area contributed by atoms with Gasteiger partial charge >= 0.3 is 5.97 Å². The molecule has 2 aromatic carbocycles. The summed E-state index contributed by atoms with van der Waals surface area (Å²) in [4.78, 5) is 30.4. The highest BCUT2D eigenvalue weighted by molar-refractivity contribution is 6.33. The van der Waals surface area contributed by atoms with Crippen LogP contribution in [0.3, 0.4) is 0 Å². The predicted molar refractivity (Wildman–Crippen MR) is 102 cm³/mol. The molecule has 0 unspecified atom stereocenters. The standard InChI is InChI=1S/C20H17ClN2O4/c1-2-26-20(25)12-9-18(24)23(11-12)13-7-8-15(21)14(10-13)19-22-16-5-3-4-6-17(16)27-19/h3-8,10,12H,2,9,11H2,1H3/t12-/m0/s1. The zero-order chi connectivity index (χ0) is 19.0. The maximum Gasteiger partial charge on any atom is 0.311 e. The average Bonchev–Trinajstić information content (AvgIpc) is 3.26. The first-order valence-corrected chi connectivity index (χ1v) is 9.07. The summed E-state index contributed by atoms with van der Waals surface area (Å²) in [6, 6.07) is 12.6. The molecule has 1 amide bonds. The molecule has 0 N–H and O–H groups in total. The first kappa shape index (κ1) is 17.5. The number of oxazole rings is 1. The Morgan fingerprint density at radius 1 is 1.33 bits per heavy atom. The van der Waals surface area contributed by atoms with Gasteiger partial charge in [0, 0.05) is 18.7 Å². The van der Waals surface area contributed by atoms with Crippen molar-refractivity contribution in [1.82, 2.24) is 4.98 Å². The molecule has 1 fully saturated rings. The zero-order valence-electron chi connectivity index (χ0n) is 14.6. The number of fused-ring (bicyclic) bond motifs is 1. The molecule has 27 heavy (non-hydrogen) atoms. The lowest BCUT2D eigenvalue weighted by molar-refractivity contribution is -0.147. The van der Waals surface area contributed by atoms with Crippen molar-refractivity contribution in [2.45, 2.75) is 13.3 Å². The van der Waals surface area contributed by atoms with E-state index in [1.807, 2.05) is 24.3 Å². The van der Waals surface area contributed by atoms with E-state index >= 15 is 0 Å². The molecule has 1 aromatic heterocycles. The molecule has 138 valence electrons. The molecule has 3 aromatic rings. The first-order valence-electron chi connectivity index (χ1n) is 8.69. The average molecular weight is 385 g/mol. The molecular formula is C20H17ClN2O4. The Morgan fingerprint density at radius 3 is 2.93 bits per heavy atom. The van der Waals surface area contributed by atoms with Crippen molar-refractivity contribution in [3.63, 3.8) is 0 Å². The maximum atomic E-state index is 12.4. The molecule has 7 heteroatoms. The van der Waals surface area contributed by atoms with Gasteiger partial charge < -0.3 is 14.1 Å². The van der Waals surface area contributed by atoms with Gasteiger partial charge in [-0.3, -0.25) is 9.59 Å². The molecule has 2 heterocycles. The largest absolute Gasteiger partial charge is 0.466 e. The van der Waals surface area contributed by atoms with Crippen LogP contribution in [0.2, 0.25) is 5.02 Å². The summed E-state index contributed by atoms with van der Waals surface area (Å²) < 4.78 is 10.8. The van der Waals surface area contributed by atoms with Gasteiger partial charge in [0.1, 0.15) is 5.52 Å². The Labute approximate surface area is 160 Å². The molecular weight excluding hydrogens is 368 g/mol. The van der Waals surface area contributed by atoms with Gasteiger partial charge in [0.2, 0.25) is 11.8 Å². The fourth-order valence-electron chi connectivity index (χ4n) is 3.21. The Kier molecular flexibility index (Phi) is 4.58. The van der Waals surface area contributed by atoms with E-state index in [1.54, 1.807) is 30.0 Å². The van der Waals surface area contributed by atoms with Crippen LogP contribution < -0.4 is 4.90 Å². The van der Waals surface area contributed by atoms with Crippen LogP contribution in [0, 0.1) is 5.92 Å². The second-order valence-electron chi connectivity index (χ2n) is 6.31. The lowest BCUT2D eigenvalue weighted by Crippen LogP contribution is -2.26. The number of aromatic nitrogens is 1. The van der Waals surface area contributed by atoms with Crippen LogP contribution in [0.15, 0.2) is 46.9 Å². The molecule has 0 saturated carbocycles. The van der Waals surface area contributed by atoms with Crippen LogP contribution in [-0.2, 0) is 14.3 Å². The van der Waals surface area contributed by atoms with E-state index in [1.165, 1.54) is 0 Å². The molecule has 1 aliphatic heterocycles. The second kappa shape index (κ2) is 7.04. The van der Waals surface area contributed by atoms with Crippen LogP contribution in [0.5, 0.6) is 0 Å². The third-order valence-corrected chi connectivity index (χ3v) is 4.86. The van der Waals surface area contributed by atoms with Crippen molar-refractivity contribution < 1.29 is 18.7 Å². The smallest absolute Gasteiger partial charge is 0.311 e. The topological polar surface area (TPSA) is 72.6 Å². The van der Waals surface area contributed by atoms with Crippen molar-refractivity contribution in [3.05, 3.63) is 47.5 Å². The van der Waals surface area contributed by atoms with Crippen LogP contribution in [0.1, 0.15) is 13.3 Å². The summed E-state index contributed by atoms with van der Waals surface area (Å²) in [6.07, 6.45) is 0.139. The number of anilines is 1. The van der Waals surface area contributed by atoms with Crippen molar-refractivity contribution in [2.75, 3.05) is 18.1 Å². The molecule has 6 nitrogen and oxygen atoms in total. The van der Waals surface area contributed by atoms with E-state index in [9.17, 15) is 9.59 Å². The van der Waals surface area contributed by atoms with E-state index in [4.69, 9.17) is 20.8 Å². The number of carbonyl (C=O) groups is 2. The second-order valence-corrected chi connectivity index (χ2v) is 6.72. The molecule has 1 atom stereocenters. The Morgan fingerprint density at radius 2 is 2.15 bits per heavy atom. The molecule has 0 spiro atoms. The zero-order valence-corrected chi connectivity index (χ0v) is 15.4. The number of carbonyl (C=O) groups excluding carboxylic acids is 2. The van der Waals surface area contributed by atoms with E-state index in [2.05, 4.69) is 4.98 Å². The number of amides is 1. The quantitative estimate of drug-likeness (QED) is 0.634. The van der Waals surface area contributed by atoms with Gasteiger partial charge in [0.15, 0.2) is 5.58 Å². The van der Waals surface area contributed by atoms with Gasteiger partial charge in [0.05, 0.1) is 23.1 Å². The summed E-state index contributed by atoms with van der Waals surface area (Å²) in [5, 5.41) is 0.471. The number of hydrogen-bond donors (Lipinski definition) is 0. The van der Waals surface area contributed by atoms with Gasteiger partial charge in [0.25, 0.3) is 0 Å². The fraction of sp³-hybridized carbons (Fsp3) is 0.250. The first-order chi connectivity index (χ1) is 13.1. The van der Waals surface area contributed by atoms with Crippen molar-refractivity contribution >= 4 is 40.3 Å². The molecule has 1 saturated heterocycles. The van der Waals surface area contributed by atoms with Crippen LogP contribution in [0.25, 0.3) is 22.6 Å². The number of halogens is 1. The SMILES string of the molecule is CCOC(=O)[C@H]1CC(=O)N(c2ccc(Cl)c(-c3nc4ccccc4o3)c2)C1. The van der Waals surface area contributed by atoms with E-state index in [-0.39, 0.29) is 24.8 Å². The number of rotatable bonds is 4. The highest BCUT2D eigenvalue weighted by Crippen LogP contribution is 2.35. The number of nitrogens with zero attached hydrogens (tertiary/aromatic N) is 2. The van der Waals surface area contributed by atoms with Gasteiger partial charge in [-0.2, -0.15) is 0 Å². The minimum Gasteiger partial charge on any atom is -0.466 e. The Balaban J connectivity index is 1.66. The Hall–Kier alpha value is -2.86. The number of ether oxygens (including phenoxy) is 1.